The number of carbonyl (C=O) groups is 1. The first-order chi connectivity index (χ1) is 6.09. The summed E-state index contributed by atoms with van der Waals surface area (Å²) >= 11 is 0. The number of hydrogen-bond acceptors (Lipinski definition) is 1. The topological polar surface area (TPSA) is 37.3 Å². The molecule has 0 aliphatic carbocycles. The molecule has 68 valence electrons. The van der Waals surface area contributed by atoms with Crippen LogP contribution in [0.1, 0.15) is 22.8 Å². The molecular formula is C11H12O2. The maximum Gasteiger partial charge on any atom is 0.335 e. The van der Waals surface area contributed by atoms with Crippen LogP contribution >= 0.6 is 0 Å². The summed E-state index contributed by atoms with van der Waals surface area (Å²) in [4.78, 5) is 10.5. The number of aromatic carboxylic acids is 1. The van der Waals surface area contributed by atoms with Crippen LogP contribution in [0.5, 0.6) is 0 Å². The van der Waals surface area contributed by atoms with E-state index in [9.17, 15) is 4.79 Å². The fourth-order valence-corrected chi connectivity index (χ4v) is 1.11. The van der Waals surface area contributed by atoms with Crippen molar-refractivity contribution >= 4 is 5.97 Å². The Morgan fingerprint density at radius 1 is 1.38 bits per heavy atom. The molecule has 0 spiro atoms. The second kappa shape index (κ2) is 3.90. The second-order valence-corrected chi connectivity index (χ2v) is 3.14. The average molecular weight is 176 g/mol. The van der Waals surface area contributed by atoms with Crippen molar-refractivity contribution in [1.82, 2.24) is 0 Å². The molecule has 0 amide bonds. The van der Waals surface area contributed by atoms with E-state index in [0.717, 1.165) is 17.6 Å². The summed E-state index contributed by atoms with van der Waals surface area (Å²) in [5.74, 6) is -0.887. The molecule has 0 aromatic heterocycles. The van der Waals surface area contributed by atoms with Gasteiger partial charge in [0.15, 0.2) is 0 Å². The lowest BCUT2D eigenvalue weighted by molar-refractivity contribution is 0.0697. The number of allylic oxidation sites excluding steroid dienone is 1. The van der Waals surface area contributed by atoms with E-state index in [1.807, 2.05) is 19.1 Å². The highest BCUT2D eigenvalue weighted by molar-refractivity contribution is 5.87. The van der Waals surface area contributed by atoms with Gasteiger partial charge >= 0.3 is 5.97 Å². The average Bonchev–Trinajstić information content (AvgIpc) is 2.04. The van der Waals surface area contributed by atoms with Gasteiger partial charge in [-0.2, -0.15) is 0 Å². The minimum absolute atomic E-state index is 0.325. The van der Waals surface area contributed by atoms with Gasteiger partial charge in [0.25, 0.3) is 0 Å². The Morgan fingerprint density at radius 3 is 2.31 bits per heavy atom. The number of rotatable bonds is 3. The van der Waals surface area contributed by atoms with Crippen molar-refractivity contribution in [3.05, 3.63) is 47.5 Å². The highest BCUT2D eigenvalue weighted by Crippen LogP contribution is 2.08. The zero-order chi connectivity index (χ0) is 9.84. The summed E-state index contributed by atoms with van der Waals surface area (Å²) in [5.41, 5.74) is 2.49. The lowest BCUT2D eigenvalue weighted by Crippen LogP contribution is -1.96. The van der Waals surface area contributed by atoms with Gasteiger partial charge in [0.2, 0.25) is 0 Å². The first-order valence-corrected chi connectivity index (χ1v) is 4.06. The molecular weight excluding hydrogens is 164 g/mol. The zero-order valence-corrected chi connectivity index (χ0v) is 7.58. The van der Waals surface area contributed by atoms with E-state index in [4.69, 9.17) is 5.11 Å². The van der Waals surface area contributed by atoms with E-state index >= 15 is 0 Å². The first kappa shape index (κ1) is 9.52. The molecule has 2 heteroatoms. The van der Waals surface area contributed by atoms with Crippen LogP contribution in [0.15, 0.2) is 36.4 Å². The van der Waals surface area contributed by atoms with Gasteiger partial charge < -0.3 is 5.11 Å². The van der Waals surface area contributed by atoms with Crippen molar-refractivity contribution in [2.45, 2.75) is 13.3 Å². The third-order valence-corrected chi connectivity index (χ3v) is 1.71. The smallest absolute Gasteiger partial charge is 0.335 e. The van der Waals surface area contributed by atoms with Crippen LogP contribution in [0.2, 0.25) is 0 Å². The Kier molecular flexibility index (Phi) is 2.85. The van der Waals surface area contributed by atoms with Gasteiger partial charge in [-0.05, 0) is 31.0 Å². The Hall–Kier alpha value is -1.57. The lowest BCUT2D eigenvalue weighted by Gasteiger charge is -2.00. The van der Waals surface area contributed by atoms with E-state index < -0.39 is 5.97 Å². The minimum atomic E-state index is -0.887. The van der Waals surface area contributed by atoms with E-state index in [1.54, 1.807) is 12.1 Å². The SMILES string of the molecule is C=C(C)Cc1ccc(C(=O)O)cc1. The zero-order valence-electron chi connectivity index (χ0n) is 7.58. The highest BCUT2D eigenvalue weighted by Gasteiger charge is 2.01. The Morgan fingerprint density at radius 2 is 1.92 bits per heavy atom. The molecule has 0 atom stereocenters. The van der Waals surface area contributed by atoms with Crippen LogP contribution in [0.3, 0.4) is 0 Å². The van der Waals surface area contributed by atoms with Gasteiger partial charge in [-0.25, -0.2) is 4.79 Å². The summed E-state index contributed by atoms with van der Waals surface area (Å²) in [6, 6.07) is 6.86. The molecule has 13 heavy (non-hydrogen) atoms. The van der Waals surface area contributed by atoms with Gasteiger partial charge in [-0.3, -0.25) is 0 Å². The highest BCUT2D eigenvalue weighted by atomic mass is 16.4. The predicted octanol–water partition coefficient (Wildman–Crippen LogP) is 2.50. The van der Waals surface area contributed by atoms with E-state index in [2.05, 4.69) is 6.58 Å². The third-order valence-electron chi connectivity index (χ3n) is 1.71. The molecule has 0 saturated carbocycles. The normalized spacial score (nSPS) is 9.62. The standard InChI is InChI=1S/C11H12O2/c1-8(2)7-9-3-5-10(6-4-9)11(12)13/h3-6H,1,7H2,2H3,(H,12,13). The third kappa shape index (κ3) is 2.75. The Balaban J connectivity index is 2.81. The van der Waals surface area contributed by atoms with Crippen molar-refractivity contribution in [2.75, 3.05) is 0 Å². The number of hydrogen-bond donors (Lipinski definition) is 1. The van der Waals surface area contributed by atoms with E-state index in [-0.39, 0.29) is 0 Å². The van der Waals surface area contributed by atoms with Crippen molar-refractivity contribution in [1.29, 1.82) is 0 Å². The molecule has 1 aromatic rings. The Labute approximate surface area is 77.5 Å². The van der Waals surface area contributed by atoms with Crippen LogP contribution < -0.4 is 0 Å². The van der Waals surface area contributed by atoms with Crippen LogP contribution in [0, 0.1) is 0 Å². The molecule has 0 aliphatic rings. The van der Waals surface area contributed by atoms with Crippen molar-refractivity contribution < 1.29 is 9.90 Å². The summed E-state index contributed by atoms with van der Waals surface area (Å²) < 4.78 is 0. The molecule has 0 radical (unpaired) electrons. The molecule has 0 aliphatic heterocycles. The summed E-state index contributed by atoms with van der Waals surface area (Å²) in [5, 5.41) is 8.64. The largest absolute Gasteiger partial charge is 0.478 e. The molecule has 0 unspecified atom stereocenters. The number of benzene rings is 1. The predicted molar refractivity (Wildman–Crippen MR) is 51.9 cm³/mol. The summed E-state index contributed by atoms with van der Waals surface area (Å²) in [6.45, 7) is 5.74. The molecule has 0 saturated heterocycles. The van der Waals surface area contributed by atoms with Gasteiger partial charge in [-0.1, -0.05) is 24.3 Å². The lowest BCUT2D eigenvalue weighted by atomic mass is 10.1. The van der Waals surface area contributed by atoms with E-state index in [1.165, 1.54) is 0 Å². The monoisotopic (exact) mass is 176 g/mol. The maximum absolute atomic E-state index is 10.5. The van der Waals surface area contributed by atoms with Crippen molar-refractivity contribution in [3.63, 3.8) is 0 Å². The molecule has 1 rings (SSSR count). The van der Waals surface area contributed by atoms with Crippen molar-refractivity contribution in [3.8, 4) is 0 Å². The molecule has 1 N–H and O–H groups in total. The van der Waals surface area contributed by atoms with Gasteiger partial charge in [-0.15, -0.1) is 0 Å². The molecule has 2 nitrogen and oxygen atoms in total. The first-order valence-electron chi connectivity index (χ1n) is 4.06. The molecule has 0 fully saturated rings. The maximum atomic E-state index is 10.5. The van der Waals surface area contributed by atoms with Gasteiger partial charge in [0.05, 0.1) is 5.56 Å². The summed E-state index contributed by atoms with van der Waals surface area (Å²) in [7, 11) is 0. The van der Waals surface area contributed by atoms with Gasteiger partial charge in [0.1, 0.15) is 0 Å². The molecule has 1 aromatic carbocycles. The minimum Gasteiger partial charge on any atom is -0.478 e. The van der Waals surface area contributed by atoms with Crippen molar-refractivity contribution in [2.24, 2.45) is 0 Å². The summed E-state index contributed by atoms with van der Waals surface area (Å²) in [6.07, 6.45) is 0.805. The van der Waals surface area contributed by atoms with Crippen LogP contribution in [0.25, 0.3) is 0 Å². The number of carboxylic acid groups (broad SMARTS) is 1. The van der Waals surface area contributed by atoms with Crippen LogP contribution in [-0.2, 0) is 6.42 Å². The second-order valence-electron chi connectivity index (χ2n) is 3.14. The van der Waals surface area contributed by atoms with Gasteiger partial charge in [0, 0.05) is 0 Å². The fraction of sp³-hybridized carbons (Fsp3) is 0.182. The van der Waals surface area contributed by atoms with Crippen LogP contribution in [-0.4, -0.2) is 11.1 Å². The number of carboxylic acids is 1. The quantitative estimate of drug-likeness (QED) is 0.718. The van der Waals surface area contributed by atoms with E-state index in [0.29, 0.717) is 5.56 Å². The van der Waals surface area contributed by atoms with Crippen LogP contribution in [0.4, 0.5) is 0 Å². The molecule has 0 bridgehead atoms. The molecule has 0 heterocycles. The Bertz CT molecular complexity index is 322. The fourth-order valence-electron chi connectivity index (χ4n) is 1.11.